The van der Waals surface area contributed by atoms with Crippen LogP contribution in [0.2, 0.25) is 0 Å². The summed E-state index contributed by atoms with van der Waals surface area (Å²) in [5, 5.41) is 29.4. The number of Topliss-reactive ketones (excluding diaryl/α,β-unsaturated/α-hetero) is 3. The van der Waals surface area contributed by atoms with Crippen molar-refractivity contribution in [2.24, 2.45) is 35.5 Å². The minimum atomic E-state index is -2.49. The van der Waals surface area contributed by atoms with Gasteiger partial charge in [0, 0.05) is 128 Å². The number of allylic oxidation sites excluding steroid dienone is 6. The van der Waals surface area contributed by atoms with E-state index in [2.05, 4.69) is 30.6 Å². The first-order valence-electron chi connectivity index (χ1n) is 36.3. The number of ether oxygens (including phenoxy) is 9. The van der Waals surface area contributed by atoms with E-state index < -0.39 is 108 Å². The maximum absolute atomic E-state index is 14.8. The molecule has 4 aliphatic heterocycles. The largest absolute Gasteiger partial charge is 0.460 e. The molecule has 3 amide bonds. The van der Waals surface area contributed by atoms with Gasteiger partial charge in [-0.05, 0) is 114 Å². The van der Waals surface area contributed by atoms with Crippen LogP contribution >= 0.6 is 0 Å². The molecule has 0 spiro atoms. The Balaban J connectivity index is 0.959. The molecule has 15 atom stereocenters. The molecule has 5 aliphatic rings. The molecule has 3 saturated heterocycles. The summed E-state index contributed by atoms with van der Waals surface area (Å²) >= 11 is 0. The number of esters is 1. The third-order valence-corrected chi connectivity index (χ3v) is 20.2. The molecule has 0 radical (unpaired) electrons. The van der Waals surface area contributed by atoms with Gasteiger partial charge in [-0.3, -0.25) is 24.0 Å². The van der Waals surface area contributed by atoms with E-state index >= 15 is 0 Å². The summed E-state index contributed by atoms with van der Waals surface area (Å²) < 4.78 is 52.2. The van der Waals surface area contributed by atoms with Crippen molar-refractivity contribution in [2.45, 2.75) is 194 Å². The highest BCUT2D eigenvalue weighted by Gasteiger charge is 2.53. The van der Waals surface area contributed by atoms with E-state index in [0.717, 1.165) is 5.57 Å². The molecule has 28 nitrogen and oxygen atoms in total. The number of aliphatic hydroxyl groups excluding tert-OH is 1. The van der Waals surface area contributed by atoms with Crippen LogP contribution in [0.5, 0.6) is 0 Å². The number of amides is 3. The van der Waals surface area contributed by atoms with Gasteiger partial charge < -0.3 is 83.9 Å². The number of anilines is 3. The number of hydrogen-bond acceptors (Lipinski definition) is 25. The number of piperidine rings is 1. The molecule has 2 aromatic rings. The van der Waals surface area contributed by atoms with Gasteiger partial charge in [0.05, 0.1) is 56.9 Å². The maximum atomic E-state index is 14.8. The Labute approximate surface area is 600 Å². The monoisotopic (exact) mass is 1430 g/mol. The molecule has 2 bridgehead atoms. The van der Waals surface area contributed by atoms with Gasteiger partial charge in [-0.2, -0.15) is 4.98 Å². The first-order chi connectivity index (χ1) is 48.9. The summed E-state index contributed by atoms with van der Waals surface area (Å²) in [5.41, 5.74) is 8.23. The van der Waals surface area contributed by atoms with Gasteiger partial charge in [0.1, 0.15) is 42.1 Å². The number of ketones is 3. The van der Waals surface area contributed by atoms with E-state index in [1.165, 1.54) is 18.2 Å². The fourth-order valence-electron chi connectivity index (χ4n) is 13.9. The minimum Gasteiger partial charge on any atom is -0.460 e. The molecule has 4 fully saturated rings. The number of carbonyl (C=O) groups excluding carboxylic acids is 7. The van der Waals surface area contributed by atoms with E-state index in [4.69, 9.17) is 48.4 Å². The molecule has 28 heteroatoms. The number of nitrogens with two attached hydrogens (primary N) is 1. The second kappa shape index (κ2) is 40.8. The van der Waals surface area contributed by atoms with Crippen molar-refractivity contribution in [2.75, 3.05) is 116 Å². The summed E-state index contributed by atoms with van der Waals surface area (Å²) in [5.74, 6) is -8.15. The van der Waals surface area contributed by atoms with Gasteiger partial charge in [0.2, 0.25) is 17.7 Å². The van der Waals surface area contributed by atoms with Crippen molar-refractivity contribution in [3.8, 4) is 0 Å². The van der Waals surface area contributed by atoms with Crippen LogP contribution < -0.4 is 26.2 Å². The molecule has 0 aromatic carbocycles. The number of fused-ring (bicyclic) bond motifs is 3. The highest BCUT2D eigenvalue weighted by atomic mass is 16.6. The first-order valence-corrected chi connectivity index (χ1v) is 36.3. The van der Waals surface area contributed by atoms with Gasteiger partial charge in [-0.25, -0.2) is 24.5 Å². The Morgan fingerprint density at radius 2 is 1.45 bits per heavy atom. The lowest BCUT2D eigenvalue weighted by atomic mass is 9.78. The number of hydrogen-bond donors (Lipinski definition) is 5. The summed E-state index contributed by atoms with van der Waals surface area (Å²) in [4.78, 5) is 122. The number of nitrogens with one attached hydrogen (secondary N) is 2. The number of alkyl carbamates (subject to hydrolysis) is 1. The highest BCUT2D eigenvalue weighted by Crippen LogP contribution is 2.38. The van der Waals surface area contributed by atoms with Gasteiger partial charge in [-0.15, -0.1) is 0 Å². The van der Waals surface area contributed by atoms with Gasteiger partial charge in [0.25, 0.3) is 17.6 Å². The minimum absolute atomic E-state index is 0.0191. The van der Waals surface area contributed by atoms with Gasteiger partial charge >= 0.3 is 12.1 Å². The average Bonchev–Trinajstić information content (AvgIpc) is 0.773. The van der Waals surface area contributed by atoms with Crippen LogP contribution in [0.4, 0.5) is 22.5 Å². The number of methoxy groups -OCH3 is 3. The Hall–Kier alpha value is -7.15. The van der Waals surface area contributed by atoms with Crippen LogP contribution in [0.25, 0.3) is 0 Å². The lowest BCUT2D eigenvalue weighted by Crippen LogP contribution is -2.61. The number of rotatable bonds is 22. The van der Waals surface area contributed by atoms with Crippen molar-refractivity contribution in [3.05, 3.63) is 77.3 Å². The molecule has 6 heterocycles. The molecule has 2 aromatic heterocycles. The summed E-state index contributed by atoms with van der Waals surface area (Å²) in [6.07, 6.45) is 13.8. The SMILES string of the molecule is CCOCCOCCOCCNC(=O)c1cnc(N2CCN(c3ncc(CNC(=O)O[C@@H]4CC[C@@H](C[C@@H](C)[C@@H]5CC(=O)[C@H](C)/C=C(\C)[C@@H](O)[C@@H](OC)C(=O)[C@H](C)C[C@H](C)/C=C/C=C/C=C(\C)[C@@H](OC)C[C@@H]6CC[C@@H](C)[C@@](O)(O6)C(=O)C(=O)N6CCCC[C@H]6C(=O)O5)C[C@H]4OC)cn3)CC2)nc1N. The molecule has 6 N–H and O–H groups in total. The number of cyclic esters (lactones) is 1. The number of piperazine rings is 1. The zero-order valence-electron chi connectivity index (χ0n) is 61.6. The molecular formula is C74H112N10O18. The molecule has 0 unspecified atom stereocenters. The number of nitrogen functional groups attached to an aromatic ring is 1. The molecule has 1 saturated carbocycles. The summed E-state index contributed by atoms with van der Waals surface area (Å²) in [7, 11) is 4.48. The summed E-state index contributed by atoms with van der Waals surface area (Å²) in [6, 6.07) is -1.22. The number of aliphatic hydroxyl groups is 2. The second-order valence-electron chi connectivity index (χ2n) is 27.8. The molecule has 1 aliphatic carbocycles. The molecule has 566 valence electrons. The Bertz CT molecular complexity index is 3200. The van der Waals surface area contributed by atoms with E-state index in [1.807, 2.05) is 67.9 Å². The average molecular weight is 1430 g/mol. The lowest BCUT2D eigenvalue weighted by Gasteiger charge is -2.42. The van der Waals surface area contributed by atoms with Crippen LogP contribution in [0.3, 0.4) is 0 Å². The zero-order valence-corrected chi connectivity index (χ0v) is 61.6. The van der Waals surface area contributed by atoms with Crippen LogP contribution in [0.15, 0.2) is 66.2 Å². The zero-order chi connectivity index (χ0) is 74.0. The van der Waals surface area contributed by atoms with E-state index in [0.29, 0.717) is 147 Å². The number of nitrogens with zero attached hydrogens (tertiary/aromatic N) is 7. The third kappa shape index (κ3) is 23.4. The molecule has 7 rings (SSSR count). The Morgan fingerprint density at radius 3 is 2.13 bits per heavy atom. The van der Waals surface area contributed by atoms with Crippen LogP contribution in [-0.4, -0.2) is 231 Å². The molecular weight excluding hydrogens is 1320 g/mol. The van der Waals surface area contributed by atoms with Gasteiger partial charge in [0.15, 0.2) is 5.78 Å². The van der Waals surface area contributed by atoms with E-state index in [-0.39, 0.29) is 73.7 Å². The van der Waals surface area contributed by atoms with Crippen molar-refractivity contribution in [1.29, 1.82) is 0 Å². The Kier molecular flexibility index (Phi) is 32.8. The van der Waals surface area contributed by atoms with Crippen LogP contribution in [-0.2, 0) is 73.1 Å². The quantitative estimate of drug-likeness (QED) is 0.0368. The second-order valence-corrected chi connectivity index (χ2v) is 27.8. The summed E-state index contributed by atoms with van der Waals surface area (Å²) in [6.45, 7) is 19.8. The first kappa shape index (κ1) is 82.1. The van der Waals surface area contributed by atoms with Crippen molar-refractivity contribution < 1.29 is 86.4 Å². The van der Waals surface area contributed by atoms with Crippen molar-refractivity contribution in [1.82, 2.24) is 35.5 Å². The normalized spacial score (nSPS) is 30.8. The predicted molar refractivity (Wildman–Crippen MR) is 380 cm³/mol. The fourth-order valence-corrected chi connectivity index (χ4v) is 13.9. The number of aromatic nitrogens is 4. The van der Waals surface area contributed by atoms with Crippen LogP contribution in [0.1, 0.15) is 148 Å². The molecule has 102 heavy (non-hydrogen) atoms. The number of carbonyl (C=O) groups is 7. The van der Waals surface area contributed by atoms with Crippen molar-refractivity contribution >= 4 is 58.9 Å². The smallest absolute Gasteiger partial charge is 0.407 e. The topological polar surface area (TPSA) is 354 Å². The standard InChI is InChI=1S/C74H112N10O18/c1-12-97-32-33-99-35-34-98-31-25-76-68(89)56-45-79-72(81-67(56)75)83-29-27-82(28-30-83)71-77-42-54(43-78-71)44-80-73(92)101-59-24-22-53(39-62(59)95-10)38-49(5)61-41-58(85)48(4)37-51(7)64(87)65(96-11)63(86)50(6)36-46(2)18-14-13-15-19-47(3)60(94-9)40-55-23-21-52(8)74(93,102-55)66(88)69(90)84-26-17-16-20-57(84)70(91)100-61/h13-15,18-19,37,42-43,45-46,48-50,52-53,55,57,59-62,64-65,87,93H,12,16-17,20-36,38-41,44H2,1-11H3,(H,76,89)(H,80,92)(H2,75,79,81)/b15-13+,18-14+,47-19+,51-37+/t46-,48-,49-,50-,52-,53+,55+,57+,59-,60+,61+,62-,64-,65+,74-/m1/s1. The third-order valence-electron chi connectivity index (χ3n) is 20.2. The van der Waals surface area contributed by atoms with E-state index in [9.17, 15) is 43.8 Å². The van der Waals surface area contributed by atoms with E-state index in [1.54, 1.807) is 60.4 Å². The van der Waals surface area contributed by atoms with Crippen LogP contribution in [0, 0.1) is 35.5 Å². The fraction of sp³-hybridized carbons (Fsp3) is 0.689. The van der Waals surface area contributed by atoms with Crippen molar-refractivity contribution in [3.63, 3.8) is 0 Å². The lowest BCUT2D eigenvalue weighted by molar-refractivity contribution is -0.265. The highest BCUT2D eigenvalue weighted by molar-refractivity contribution is 6.39. The van der Waals surface area contributed by atoms with Gasteiger partial charge in [-0.1, -0.05) is 71.1 Å². The maximum Gasteiger partial charge on any atom is 0.407 e. The predicted octanol–water partition coefficient (Wildman–Crippen LogP) is 6.40. The Morgan fingerprint density at radius 1 is 0.765 bits per heavy atom.